The minimum Gasteiger partial charge on any atom is -0.423 e. The molecule has 2 saturated heterocycles. The summed E-state index contributed by atoms with van der Waals surface area (Å²) in [6, 6.07) is 7.86. The quantitative estimate of drug-likeness (QED) is 0.897. The van der Waals surface area contributed by atoms with Gasteiger partial charge in [0.05, 0.1) is 0 Å². The highest BCUT2D eigenvalue weighted by atomic mass is 16.4. The van der Waals surface area contributed by atoms with E-state index in [4.69, 9.17) is 10.2 Å². The fourth-order valence-corrected chi connectivity index (χ4v) is 4.12. The number of para-hydroxylation sites is 2. The number of carbonyl (C=O) groups is 1. The first-order chi connectivity index (χ1) is 11.2. The van der Waals surface area contributed by atoms with Gasteiger partial charge in [0.15, 0.2) is 5.58 Å². The third-order valence-electron chi connectivity index (χ3n) is 5.20. The van der Waals surface area contributed by atoms with Crippen molar-refractivity contribution in [3.8, 4) is 0 Å². The lowest BCUT2D eigenvalue weighted by molar-refractivity contribution is -0.121. The number of primary amides is 1. The second-order valence-corrected chi connectivity index (χ2v) is 6.56. The zero-order valence-electron chi connectivity index (χ0n) is 13.1. The number of hydrogen-bond acceptors (Lipinski definition) is 5. The first-order valence-electron chi connectivity index (χ1n) is 8.36. The molecule has 122 valence electrons. The number of fused-ring (bicyclic) bond motifs is 1. The molecule has 2 aliphatic heterocycles. The number of aromatic nitrogens is 1. The Labute approximate surface area is 135 Å². The molecule has 3 heterocycles. The van der Waals surface area contributed by atoms with Crippen LogP contribution in [0.2, 0.25) is 0 Å². The molecule has 1 aromatic carbocycles. The van der Waals surface area contributed by atoms with E-state index < -0.39 is 0 Å². The van der Waals surface area contributed by atoms with Crippen LogP contribution in [-0.4, -0.2) is 36.6 Å². The average Bonchev–Trinajstić information content (AvgIpc) is 3.23. The van der Waals surface area contributed by atoms with Crippen molar-refractivity contribution in [2.75, 3.05) is 24.5 Å². The molecule has 0 spiro atoms. The Morgan fingerprint density at radius 3 is 2.96 bits per heavy atom. The van der Waals surface area contributed by atoms with E-state index in [2.05, 4.69) is 10.3 Å². The number of hydrogen-bond donors (Lipinski definition) is 2. The van der Waals surface area contributed by atoms with Crippen molar-refractivity contribution in [1.82, 2.24) is 10.3 Å². The standard InChI is InChI=1S/C17H22N4O2/c18-16(22)15-12(11-7-8-19-10-11)4-3-9-21(15)17-20-13-5-1-2-6-14(13)23-17/h1-2,5-6,11-12,15,19H,3-4,7-10H2,(H2,18,22)/t11-,12?,15+/m1/s1. The van der Waals surface area contributed by atoms with Gasteiger partial charge in [-0.25, -0.2) is 0 Å². The van der Waals surface area contributed by atoms with Crippen molar-refractivity contribution in [2.24, 2.45) is 17.6 Å². The molecule has 2 aromatic rings. The highest BCUT2D eigenvalue weighted by Crippen LogP contribution is 2.36. The fourth-order valence-electron chi connectivity index (χ4n) is 4.12. The van der Waals surface area contributed by atoms with E-state index in [1.807, 2.05) is 29.2 Å². The van der Waals surface area contributed by atoms with Crippen LogP contribution in [0.5, 0.6) is 0 Å². The number of rotatable bonds is 3. The van der Waals surface area contributed by atoms with Crippen LogP contribution in [0.25, 0.3) is 11.1 Å². The summed E-state index contributed by atoms with van der Waals surface area (Å²) in [5.74, 6) is 0.495. The van der Waals surface area contributed by atoms with E-state index in [-0.39, 0.29) is 17.9 Å². The van der Waals surface area contributed by atoms with Crippen molar-refractivity contribution < 1.29 is 9.21 Å². The molecule has 6 heteroatoms. The Kier molecular flexibility index (Phi) is 3.69. The molecule has 3 atom stereocenters. The Hall–Kier alpha value is -2.08. The molecule has 0 radical (unpaired) electrons. The molecule has 3 N–H and O–H groups in total. The second kappa shape index (κ2) is 5.85. The van der Waals surface area contributed by atoms with E-state index in [9.17, 15) is 4.79 Å². The van der Waals surface area contributed by atoms with E-state index >= 15 is 0 Å². The Bertz CT molecular complexity index is 674. The lowest BCUT2D eigenvalue weighted by Gasteiger charge is -2.41. The highest BCUT2D eigenvalue weighted by molar-refractivity contribution is 5.84. The fraction of sp³-hybridized carbons (Fsp3) is 0.529. The van der Waals surface area contributed by atoms with Crippen LogP contribution >= 0.6 is 0 Å². The molecule has 0 saturated carbocycles. The Balaban J connectivity index is 1.68. The van der Waals surface area contributed by atoms with Gasteiger partial charge >= 0.3 is 0 Å². The first-order valence-corrected chi connectivity index (χ1v) is 8.36. The van der Waals surface area contributed by atoms with Gasteiger partial charge in [-0.15, -0.1) is 0 Å². The maximum Gasteiger partial charge on any atom is 0.299 e. The molecular formula is C17H22N4O2. The van der Waals surface area contributed by atoms with Crippen molar-refractivity contribution in [2.45, 2.75) is 25.3 Å². The molecule has 23 heavy (non-hydrogen) atoms. The summed E-state index contributed by atoms with van der Waals surface area (Å²) in [6.45, 7) is 2.75. The molecular weight excluding hydrogens is 292 g/mol. The van der Waals surface area contributed by atoms with E-state index in [1.54, 1.807) is 0 Å². The van der Waals surface area contributed by atoms with Crippen LogP contribution in [0.3, 0.4) is 0 Å². The molecule has 4 rings (SSSR count). The number of nitrogens with zero attached hydrogens (tertiary/aromatic N) is 2. The van der Waals surface area contributed by atoms with Crippen molar-refractivity contribution in [3.05, 3.63) is 24.3 Å². The largest absolute Gasteiger partial charge is 0.423 e. The average molecular weight is 314 g/mol. The normalized spacial score (nSPS) is 28.3. The zero-order chi connectivity index (χ0) is 15.8. The van der Waals surface area contributed by atoms with E-state index in [0.29, 0.717) is 11.9 Å². The van der Waals surface area contributed by atoms with Gasteiger partial charge in [-0.3, -0.25) is 4.79 Å². The molecule has 1 aromatic heterocycles. The van der Waals surface area contributed by atoms with Gasteiger partial charge in [-0.05, 0) is 56.3 Å². The van der Waals surface area contributed by atoms with Crippen LogP contribution in [0, 0.1) is 11.8 Å². The summed E-state index contributed by atoms with van der Waals surface area (Å²) in [6.07, 6.45) is 3.18. The van der Waals surface area contributed by atoms with Crippen LogP contribution < -0.4 is 16.0 Å². The smallest absolute Gasteiger partial charge is 0.299 e. The Morgan fingerprint density at radius 1 is 1.35 bits per heavy atom. The maximum atomic E-state index is 12.2. The van der Waals surface area contributed by atoms with Crippen LogP contribution in [0.1, 0.15) is 19.3 Å². The SMILES string of the molecule is NC(=O)[C@@H]1C([C@@H]2CCNC2)CCCN1c1nc2ccccc2o1. The van der Waals surface area contributed by atoms with E-state index in [0.717, 1.165) is 50.0 Å². The lowest BCUT2D eigenvalue weighted by atomic mass is 9.78. The van der Waals surface area contributed by atoms with Crippen molar-refractivity contribution in [3.63, 3.8) is 0 Å². The molecule has 2 aliphatic rings. The number of oxazole rings is 1. The summed E-state index contributed by atoms with van der Waals surface area (Å²) in [5, 5.41) is 3.40. The summed E-state index contributed by atoms with van der Waals surface area (Å²) in [7, 11) is 0. The van der Waals surface area contributed by atoms with E-state index in [1.165, 1.54) is 0 Å². The molecule has 1 unspecified atom stereocenters. The van der Waals surface area contributed by atoms with Crippen LogP contribution in [-0.2, 0) is 4.79 Å². The minimum atomic E-state index is -0.332. The molecule has 6 nitrogen and oxygen atoms in total. The number of nitrogens with two attached hydrogens (primary N) is 1. The van der Waals surface area contributed by atoms with Gasteiger partial charge in [-0.2, -0.15) is 4.98 Å². The third-order valence-corrected chi connectivity index (χ3v) is 5.20. The molecule has 0 aliphatic carbocycles. The first kappa shape index (κ1) is 14.5. The minimum absolute atomic E-state index is 0.270. The Morgan fingerprint density at radius 2 is 2.22 bits per heavy atom. The number of benzene rings is 1. The highest BCUT2D eigenvalue weighted by Gasteiger charge is 2.42. The van der Waals surface area contributed by atoms with Crippen molar-refractivity contribution >= 4 is 23.0 Å². The predicted molar refractivity (Wildman–Crippen MR) is 88.0 cm³/mol. The van der Waals surface area contributed by atoms with Gasteiger partial charge in [-0.1, -0.05) is 12.1 Å². The number of amides is 1. The predicted octanol–water partition coefficient (Wildman–Crippen LogP) is 1.51. The monoisotopic (exact) mass is 314 g/mol. The van der Waals surface area contributed by atoms with Gasteiger partial charge in [0.25, 0.3) is 6.01 Å². The molecule has 0 bridgehead atoms. The lowest BCUT2D eigenvalue weighted by Crippen LogP contribution is -2.55. The third kappa shape index (κ3) is 2.57. The van der Waals surface area contributed by atoms with Crippen LogP contribution in [0.15, 0.2) is 28.7 Å². The topological polar surface area (TPSA) is 84.4 Å². The van der Waals surface area contributed by atoms with Crippen molar-refractivity contribution in [1.29, 1.82) is 0 Å². The van der Waals surface area contributed by atoms with Gasteiger partial charge in [0.1, 0.15) is 11.6 Å². The van der Waals surface area contributed by atoms with Gasteiger partial charge in [0, 0.05) is 6.54 Å². The zero-order valence-corrected chi connectivity index (χ0v) is 13.1. The number of piperidine rings is 1. The van der Waals surface area contributed by atoms with Crippen LogP contribution in [0.4, 0.5) is 6.01 Å². The maximum absolute atomic E-state index is 12.2. The summed E-state index contributed by atoms with van der Waals surface area (Å²) < 4.78 is 5.89. The number of carbonyl (C=O) groups excluding carboxylic acids is 1. The molecule has 2 fully saturated rings. The number of nitrogens with one attached hydrogen (secondary N) is 1. The summed E-state index contributed by atoms with van der Waals surface area (Å²) in [4.78, 5) is 18.8. The van der Waals surface area contributed by atoms with Gasteiger partial charge in [0.2, 0.25) is 5.91 Å². The summed E-state index contributed by atoms with van der Waals surface area (Å²) >= 11 is 0. The molecule has 1 amide bonds. The summed E-state index contributed by atoms with van der Waals surface area (Å²) in [5.41, 5.74) is 7.34. The second-order valence-electron chi connectivity index (χ2n) is 6.56. The van der Waals surface area contributed by atoms with Gasteiger partial charge < -0.3 is 20.4 Å². The number of anilines is 1.